The van der Waals surface area contributed by atoms with Gasteiger partial charge in [0, 0.05) is 0 Å². The van der Waals surface area contributed by atoms with Gasteiger partial charge < -0.3 is 14.6 Å². The highest BCUT2D eigenvalue weighted by Crippen LogP contribution is 2.40. The Kier molecular flexibility index (Phi) is 5.73. The van der Waals surface area contributed by atoms with Crippen molar-refractivity contribution < 1.29 is 19.4 Å². The van der Waals surface area contributed by atoms with E-state index in [0.29, 0.717) is 30.0 Å². The van der Waals surface area contributed by atoms with E-state index in [2.05, 4.69) is 0 Å². The normalized spacial score (nSPS) is 15.7. The van der Waals surface area contributed by atoms with Crippen LogP contribution in [0.1, 0.15) is 5.56 Å². The summed E-state index contributed by atoms with van der Waals surface area (Å²) < 4.78 is 11.6. The molecule has 0 spiro atoms. The number of ether oxygens (including phenoxy) is 2. The summed E-state index contributed by atoms with van der Waals surface area (Å²) in [6.07, 6.45) is 1.73. The van der Waals surface area contributed by atoms with Gasteiger partial charge in [0.25, 0.3) is 5.91 Å². The molecule has 26 heavy (non-hydrogen) atoms. The molecule has 5 nitrogen and oxygen atoms in total. The van der Waals surface area contributed by atoms with E-state index in [1.54, 1.807) is 37.5 Å². The standard InChI is InChI=1S/C18H14INO4S2/c1-23-13-6-4-3-5-12(13)20-17(22)15(26-18(20)25)9-10-7-11(19)16(21)14(8-10)24-2/h3-9,21H,1-2H3. The number of para-hydroxylation sites is 2. The van der Waals surface area contributed by atoms with Crippen molar-refractivity contribution in [1.82, 2.24) is 0 Å². The van der Waals surface area contributed by atoms with Crippen molar-refractivity contribution in [3.05, 3.63) is 50.4 Å². The maximum absolute atomic E-state index is 12.9. The highest BCUT2D eigenvalue weighted by molar-refractivity contribution is 14.1. The molecule has 0 saturated carbocycles. The molecule has 0 bridgehead atoms. The first-order valence-electron chi connectivity index (χ1n) is 7.43. The second kappa shape index (κ2) is 7.85. The van der Waals surface area contributed by atoms with Gasteiger partial charge in [0.1, 0.15) is 5.75 Å². The number of phenols is 1. The number of amides is 1. The highest BCUT2D eigenvalue weighted by atomic mass is 127. The summed E-state index contributed by atoms with van der Waals surface area (Å²) in [6.45, 7) is 0. The number of hydrogen-bond donors (Lipinski definition) is 1. The van der Waals surface area contributed by atoms with Gasteiger partial charge in [-0.1, -0.05) is 36.1 Å². The number of anilines is 1. The summed E-state index contributed by atoms with van der Waals surface area (Å²) in [7, 11) is 3.03. The molecule has 0 atom stereocenters. The number of phenolic OH excluding ortho intramolecular Hbond substituents is 1. The minimum Gasteiger partial charge on any atom is -0.504 e. The first-order valence-corrected chi connectivity index (χ1v) is 9.74. The molecule has 1 fully saturated rings. The predicted octanol–water partition coefficient (Wildman–Crippen LogP) is 4.42. The van der Waals surface area contributed by atoms with Crippen LogP contribution in [0, 0.1) is 3.57 Å². The van der Waals surface area contributed by atoms with Crippen LogP contribution in [0.2, 0.25) is 0 Å². The third kappa shape index (κ3) is 3.53. The van der Waals surface area contributed by atoms with Crippen LogP contribution >= 0.6 is 46.6 Å². The Bertz CT molecular complexity index is 929. The summed E-state index contributed by atoms with van der Waals surface area (Å²) in [6, 6.07) is 10.7. The molecule has 3 rings (SSSR count). The molecule has 0 radical (unpaired) electrons. The van der Waals surface area contributed by atoms with Crippen molar-refractivity contribution in [1.29, 1.82) is 0 Å². The van der Waals surface area contributed by atoms with E-state index in [-0.39, 0.29) is 11.7 Å². The zero-order valence-corrected chi connectivity index (χ0v) is 17.6. The van der Waals surface area contributed by atoms with E-state index in [1.165, 1.54) is 23.8 Å². The summed E-state index contributed by atoms with van der Waals surface area (Å²) >= 11 is 8.64. The molecular formula is C18H14INO4S2. The number of carbonyl (C=O) groups is 1. The summed E-state index contributed by atoms with van der Waals surface area (Å²) in [4.78, 5) is 14.9. The van der Waals surface area contributed by atoms with Crippen molar-refractivity contribution in [3.63, 3.8) is 0 Å². The molecule has 0 aliphatic carbocycles. The van der Waals surface area contributed by atoms with Crippen molar-refractivity contribution in [3.8, 4) is 17.2 Å². The third-order valence-electron chi connectivity index (χ3n) is 3.69. The molecule has 1 aliphatic heterocycles. The van der Waals surface area contributed by atoms with Gasteiger partial charge in [-0.05, 0) is 58.5 Å². The number of rotatable bonds is 4. The molecule has 1 N–H and O–H groups in total. The maximum Gasteiger partial charge on any atom is 0.270 e. The maximum atomic E-state index is 12.9. The van der Waals surface area contributed by atoms with E-state index in [0.717, 1.165) is 5.56 Å². The molecule has 1 aliphatic rings. The molecule has 8 heteroatoms. The summed E-state index contributed by atoms with van der Waals surface area (Å²) in [5.74, 6) is 0.785. The molecule has 134 valence electrons. The van der Waals surface area contributed by atoms with Gasteiger partial charge in [0.15, 0.2) is 15.8 Å². The monoisotopic (exact) mass is 499 g/mol. The van der Waals surface area contributed by atoms with Gasteiger partial charge in [0.05, 0.1) is 28.4 Å². The van der Waals surface area contributed by atoms with E-state index < -0.39 is 0 Å². The van der Waals surface area contributed by atoms with Gasteiger partial charge in [-0.2, -0.15) is 0 Å². The van der Waals surface area contributed by atoms with Crippen LogP contribution in [0.3, 0.4) is 0 Å². The average molecular weight is 499 g/mol. The number of methoxy groups -OCH3 is 2. The van der Waals surface area contributed by atoms with E-state index in [4.69, 9.17) is 21.7 Å². The fourth-order valence-electron chi connectivity index (χ4n) is 2.47. The van der Waals surface area contributed by atoms with Crippen molar-refractivity contribution in [2.75, 3.05) is 19.1 Å². The average Bonchev–Trinajstić information content (AvgIpc) is 2.91. The lowest BCUT2D eigenvalue weighted by atomic mass is 10.2. The van der Waals surface area contributed by atoms with Gasteiger partial charge in [0.2, 0.25) is 0 Å². The fourth-order valence-corrected chi connectivity index (χ4v) is 4.38. The summed E-state index contributed by atoms with van der Waals surface area (Å²) in [5, 5.41) is 9.96. The minimum absolute atomic E-state index is 0.0758. The first kappa shape index (κ1) is 19.0. The lowest BCUT2D eigenvalue weighted by Crippen LogP contribution is -2.27. The van der Waals surface area contributed by atoms with Crippen LogP contribution in [0.4, 0.5) is 5.69 Å². The third-order valence-corrected chi connectivity index (χ3v) is 5.81. The molecule has 1 amide bonds. The van der Waals surface area contributed by atoms with Crippen LogP contribution < -0.4 is 14.4 Å². The number of carbonyl (C=O) groups excluding carboxylic acids is 1. The number of nitrogens with zero attached hydrogens (tertiary/aromatic N) is 1. The van der Waals surface area contributed by atoms with E-state index in [1.807, 2.05) is 34.7 Å². The van der Waals surface area contributed by atoms with E-state index >= 15 is 0 Å². The SMILES string of the molecule is COc1ccccc1N1C(=O)C(=Cc2cc(I)c(O)c(OC)c2)SC1=S. The quantitative estimate of drug-likeness (QED) is 0.382. The van der Waals surface area contributed by atoms with Crippen molar-refractivity contribution in [2.45, 2.75) is 0 Å². The minimum atomic E-state index is -0.216. The summed E-state index contributed by atoms with van der Waals surface area (Å²) in [5.41, 5.74) is 1.35. The predicted molar refractivity (Wildman–Crippen MR) is 116 cm³/mol. The van der Waals surface area contributed by atoms with Crippen molar-refractivity contribution in [2.24, 2.45) is 0 Å². The Morgan fingerprint density at radius 1 is 1.19 bits per heavy atom. The van der Waals surface area contributed by atoms with Crippen LogP contribution in [0.15, 0.2) is 41.3 Å². The largest absolute Gasteiger partial charge is 0.504 e. The molecule has 2 aromatic carbocycles. The molecule has 0 aromatic heterocycles. The zero-order chi connectivity index (χ0) is 18.8. The Hall–Kier alpha value is -1.78. The van der Waals surface area contributed by atoms with Gasteiger partial charge in [-0.3, -0.25) is 9.69 Å². The molecule has 2 aromatic rings. The lowest BCUT2D eigenvalue weighted by Gasteiger charge is -2.17. The number of thioether (sulfide) groups is 1. The second-order valence-electron chi connectivity index (χ2n) is 5.24. The number of hydrogen-bond acceptors (Lipinski definition) is 6. The lowest BCUT2D eigenvalue weighted by molar-refractivity contribution is -0.113. The van der Waals surface area contributed by atoms with Gasteiger partial charge >= 0.3 is 0 Å². The van der Waals surface area contributed by atoms with Crippen LogP contribution in [-0.2, 0) is 4.79 Å². The molecule has 1 saturated heterocycles. The molecular weight excluding hydrogens is 485 g/mol. The Labute approximate surface area is 174 Å². The van der Waals surface area contributed by atoms with E-state index in [9.17, 15) is 9.90 Å². The Morgan fingerprint density at radius 2 is 1.88 bits per heavy atom. The Morgan fingerprint density at radius 3 is 2.58 bits per heavy atom. The fraction of sp³-hybridized carbons (Fsp3) is 0.111. The number of benzene rings is 2. The molecule has 0 unspecified atom stereocenters. The van der Waals surface area contributed by atoms with Crippen LogP contribution in [0.25, 0.3) is 6.08 Å². The van der Waals surface area contributed by atoms with Gasteiger partial charge in [-0.15, -0.1) is 0 Å². The second-order valence-corrected chi connectivity index (χ2v) is 8.08. The van der Waals surface area contributed by atoms with Crippen molar-refractivity contribution >= 4 is 68.6 Å². The smallest absolute Gasteiger partial charge is 0.270 e. The highest BCUT2D eigenvalue weighted by Gasteiger charge is 2.34. The Balaban J connectivity index is 1.99. The van der Waals surface area contributed by atoms with Crippen LogP contribution in [0.5, 0.6) is 17.2 Å². The van der Waals surface area contributed by atoms with Gasteiger partial charge in [-0.25, -0.2) is 0 Å². The zero-order valence-electron chi connectivity index (χ0n) is 13.9. The number of thiocarbonyl (C=S) groups is 1. The van der Waals surface area contributed by atoms with Crippen LogP contribution in [-0.4, -0.2) is 29.6 Å². The number of halogens is 1. The number of aromatic hydroxyl groups is 1. The topological polar surface area (TPSA) is 59.0 Å². The molecule has 1 heterocycles. The first-order chi connectivity index (χ1) is 12.5.